The van der Waals surface area contributed by atoms with Gasteiger partial charge in [-0.05, 0) is 50.0 Å². The van der Waals surface area contributed by atoms with Crippen LogP contribution in [0.25, 0.3) is 0 Å². The Morgan fingerprint density at radius 1 is 1.34 bits per heavy atom. The van der Waals surface area contributed by atoms with Gasteiger partial charge in [0.25, 0.3) is 0 Å². The van der Waals surface area contributed by atoms with E-state index in [1.54, 1.807) is 6.92 Å². The van der Waals surface area contributed by atoms with E-state index in [0.717, 1.165) is 30.3 Å². The Morgan fingerprint density at radius 3 is 2.62 bits per heavy atom. The van der Waals surface area contributed by atoms with Gasteiger partial charge < -0.3 is 20.3 Å². The van der Waals surface area contributed by atoms with Gasteiger partial charge >= 0.3 is 0 Å². The number of oxime groups is 2. The molecule has 0 unspecified atom stereocenters. The van der Waals surface area contributed by atoms with Crippen LogP contribution in [0.3, 0.4) is 0 Å². The molecule has 1 aliphatic rings. The van der Waals surface area contributed by atoms with Gasteiger partial charge in [-0.25, -0.2) is 4.39 Å². The largest absolute Gasteiger partial charge is 0.507 e. The van der Waals surface area contributed by atoms with Crippen molar-refractivity contribution in [1.29, 1.82) is 0 Å². The van der Waals surface area contributed by atoms with Crippen molar-refractivity contribution in [2.24, 2.45) is 27.6 Å². The second-order valence-electron chi connectivity index (χ2n) is 8.61. The van der Waals surface area contributed by atoms with Gasteiger partial charge in [0.05, 0.1) is 16.9 Å². The van der Waals surface area contributed by atoms with E-state index >= 15 is 0 Å². The molecule has 0 aliphatic heterocycles. The molecule has 32 heavy (non-hydrogen) atoms. The Hall–Kier alpha value is -2.54. The van der Waals surface area contributed by atoms with Crippen molar-refractivity contribution in [2.75, 3.05) is 6.86 Å². The first-order valence-electron chi connectivity index (χ1n) is 10.6. The third kappa shape index (κ3) is 5.09. The highest BCUT2D eigenvalue weighted by Crippen LogP contribution is 2.45. The molecular formula is C24H32ClFN2O4. The van der Waals surface area contributed by atoms with E-state index in [-0.39, 0.29) is 39.8 Å². The molecule has 6 nitrogen and oxygen atoms in total. The predicted molar refractivity (Wildman–Crippen MR) is 125 cm³/mol. The molecular weight excluding hydrogens is 435 g/mol. The fourth-order valence-electron chi connectivity index (χ4n) is 4.24. The summed E-state index contributed by atoms with van der Waals surface area (Å²) in [7, 11) is 0. The summed E-state index contributed by atoms with van der Waals surface area (Å²) in [5, 5.41) is 35.6. The third-order valence-corrected chi connectivity index (χ3v) is 7.38. The zero-order chi connectivity index (χ0) is 24.1. The van der Waals surface area contributed by atoms with E-state index in [1.165, 1.54) is 0 Å². The van der Waals surface area contributed by atoms with Gasteiger partial charge in [0.15, 0.2) is 0 Å². The molecule has 0 bridgehead atoms. The van der Waals surface area contributed by atoms with Crippen LogP contribution in [0.1, 0.15) is 57.2 Å². The van der Waals surface area contributed by atoms with E-state index in [1.807, 2.05) is 19.1 Å². The maximum atomic E-state index is 13.0. The number of rotatable bonds is 7. The van der Waals surface area contributed by atoms with Crippen molar-refractivity contribution < 1.29 is 24.6 Å². The van der Waals surface area contributed by atoms with E-state index in [4.69, 9.17) is 21.5 Å². The van der Waals surface area contributed by atoms with Gasteiger partial charge in [-0.1, -0.05) is 66.5 Å². The Balaban J connectivity index is 2.38. The maximum Gasteiger partial charge on any atom is 0.228 e. The van der Waals surface area contributed by atoms with Crippen molar-refractivity contribution in [3.63, 3.8) is 0 Å². The summed E-state index contributed by atoms with van der Waals surface area (Å²) in [5.74, 6) is 0.408. The van der Waals surface area contributed by atoms with Gasteiger partial charge in [-0.2, -0.15) is 0 Å². The molecule has 8 heteroatoms. The summed E-state index contributed by atoms with van der Waals surface area (Å²) >= 11 is 6.33. The van der Waals surface area contributed by atoms with Crippen molar-refractivity contribution in [1.82, 2.24) is 0 Å². The van der Waals surface area contributed by atoms with Crippen LogP contribution in [-0.2, 0) is 6.42 Å². The molecule has 1 aromatic rings. The Kier molecular flexibility index (Phi) is 8.73. The maximum absolute atomic E-state index is 13.0. The number of hydrogen-bond acceptors (Lipinski definition) is 6. The van der Waals surface area contributed by atoms with Crippen LogP contribution in [0, 0.1) is 24.2 Å². The number of aromatic hydroxyl groups is 1. The number of allylic oxidation sites excluding steroid dienone is 4. The lowest BCUT2D eigenvalue weighted by Gasteiger charge is -2.43. The first-order chi connectivity index (χ1) is 15.1. The summed E-state index contributed by atoms with van der Waals surface area (Å²) in [4.78, 5) is 0. The second kappa shape index (κ2) is 10.9. The Labute approximate surface area is 193 Å². The zero-order valence-electron chi connectivity index (χ0n) is 19.2. The van der Waals surface area contributed by atoms with Crippen LogP contribution in [-0.4, -0.2) is 34.3 Å². The molecule has 1 aromatic carbocycles. The summed E-state index contributed by atoms with van der Waals surface area (Å²) in [6.07, 6.45) is 9.08. The van der Waals surface area contributed by atoms with Crippen LogP contribution in [0.4, 0.5) is 4.39 Å². The van der Waals surface area contributed by atoms with Gasteiger partial charge in [-0.3, -0.25) is 0 Å². The molecule has 0 amide bonds. The topological polar surface area (TPSA) is 94.6 Å². The molecule has 1 aliphatic carbocycles. The second-order valence-corrected chi connectivity index (χ2v) is 8.99. The van der Waals surface area contributed by atoms with Crippen LogP contribution in [0.2, 0.25) is 5.02 Å². The minimum absolute atomic E-state index is 0.0672. The van der Waals surface area contributed by atoms with E-state index in [2.05, 4.69) is 37.2 Å². The molecule has 0 heterocycles. The molecule has 176 valence electrons. The highest BCUT2D eigenvalue weighted by atomic mass is 35.5. The van der Waals surface area contributed by atoms with E-state index < -0.39 is 6.86 Å². The van der Waals surface area contributed by atoms with Crippen molar-refractivity contribution in [3.05, 3.63) is 45.5 Å². The first kappa shape index (κ1) is 25.7. The number of nitrogens with zero attached hydrogens (tertiary/aromatic N) is 2. The molecule has 3 N–H and O–H groups in total. The zero-order valence-corrected chi connectivity index (χ0v) is 19.9. The van der Waals surface area contributed by atoms with Gasteiger partial charge in [0.2, 0.25) is 6.86 Å². The number of phenols is 1. The number of hydrogen-bond donors (Lipinski definition) is 3. The summed E-state index contributed by atoms with van der Waals surface area (Å²) in [6, 6.07) is 0. The van der Waals surface area contributed by atoms with Crippen LogP contribution < -0.4 is 4.74 Å². The van der Waals surface area contributed by atoms with Crippen molar-refractivity contribution in [3.8, 4) is 11.5 Å². The quantitative estimate of drug-likeness (QED) is 0.187. The van der Waals surface area contributed by atoms with Gasteiger partial charge in [-0.15, -0.1) is 0 Å². The first-order valence-corrected chi connectivity index (χ1v) is 11.0. The number of phenolic OH excluding ortho intramolecular Hbond substituents is 1. The summed E-state index contributed by atoms with van der Waals surface area (Å²) < 4.78 is 18.0. The van der Waals surface area contributed by atoms with E-state index in [0.29, 0.717) is 17.0 Å². The molecule has 1 fully saturated rings. The molecule has 0 spiro atoms. The summed E-state index contributed by atoms with van der Waals surface area (Å²) in [6.45, 7) is 8.89. The van der Waals surface area contributed by atoms with Crippen LogP contribution in [0.15, 0.2) is 34.1 Å². The lowest BCUT2D eigenvalue weighted by atomic mass is 9.61. The molecule has 0 radical (unpaired) electrons. The normalized spacial score (nSPS) is 25.8. The number of alkyl halides is 1. The fourth-order valence-corrected chi connectivity index (χ4v) is 4.51. The lowest BCUT2D eigenvalue weighted by Crippen LogP contribution is -2.40. The van der Waals surface area contributed by atoms with Gasteiger partial charge in [0.1, 0.15) is 11.5 Å². The minimum Gasteiger partial charge on any atom is -0.507 e. The molecule has 0 saturated heterocycles. The van der Waals surface area contributed by atoms with Crippen molar-refractivity contribution in [2.45, 2.75) is 53.9 Å². The summed E-state index contributed by atoms with van der Waals surface area (Å²) in [5.41, 5.74) is 2.54. The molecule has 3 atom stereocenters. The lowest BCUT2D eigenvalue weighted by molar-refractivity contribution is 0.184. The highest BCUT2D eigenvalue weighted by molar-refractivity contribution is 6.33. The molecule has 2 rings (SSSR count). The van der Waals surface area contributed by atoms with Gasteiger partial charge in [0, 0.05) is 17.0 Å². The number of halogens is 2. The minimum atomic E-state index is -1.09. The average molecular weight is 467 g/mol. The van der Waals surface area contributed by atoms with Crippen molar-refractivity contribution >= 4 is 23.5 Å². The third-order valence-electron chi connectivity index (χ3n) is 6.92. The highest BCUT2D eigenvalue weighted by Gasteiger charge is 2.40. The average Bonchev–Trinajstić information content (AvgIpc) is 2.77. The Morgan fingerprint density at radius 2 is 2.03 bits per heavy atom. The smallest absolute Gasteiger partial charge is 0.228 e. The predicted octanol–water partition coefficient (Wildman–Crippen LogP) is 6.42. The van der Waals surface area contributed by atoms with E-state index in [9.17, 15) is 14.7 Å². The molecule has 1 saturated carbocycles. The Bertz CT molecular complexity index is 958. The SMILES string of the molecule is CC(/C=C/[C@@]1(C)[C@H](C)CC/C(=N\O)[C@@H]1C)=C\Cc1c(O)c(C=NO)c(C)c(Cl)c1OCF. The van der Waals surface area contributed by atoms with Crippen LogP contribution >= 0.6 is 11.6 Å². The fraction of sp³-hybridized carbons (Fsp3) is 0.500. The number of benzene rings is 1. The standard InChI is InChI=1S/C24H32ClFN2O4/c1-14(10-11-24(5)15(2)7-9-20(28-31)17(24)4)6-8-18-22(29)19(12-27-30)16(3)21(25)23(18)32-13-26/h6,10-12,15,17,29-31H,7-9,13H2,1-5H3/b11-10+,14-6+,27-12?,28-20+/t15-,17+,24+/m1/s1. The van der Waals surface area contributed by atoms with Crippen LogP contribution in [0.5, 0.6) is 11.5 Å². The number of ether oxygens (including phenoxy) is 1. The molecule has 0 aromatic heterocycles. The monoisotopic (exact) mass is 466 g/mol.